The van der Waals surface area contributed by atoms with E-state index in [0.29, 0.717) is 0 Å². The first-order chi connectivity index (χ1) is 8.61. The van der Waals surface area contributed by atoms with Crippen LogP contribution in [0.15, 0.2) is 0 Å². The highest BCUT2D eigenvalue weighted by Crippen LogP contribution is 2.30. The van der Waals surface area contributed by atoms with Crippen molar-refractivity contribution in [3.05, 3.63) is 0 Å². The van der Waals surface area contributed by atoms with Gasteiger partial charge in [0.25, 0.3) is 0 Å². The Morgan fingerprint density at radius 2 is 1.68 bits per heavy atom. The summed E-state index contributed by atoms with van der Waals surface area (Å²) in [5.41, 5.74) is -0.306. The quantitative estimate of drug-likeness (QED) is 0.466. The first-order valence-corrected chi connectivity index (χ1v) is 7.51. The number of hydrogen-bond acceptors (Lipinski definition) is 3. The maximum absolute atomic E-state index is 11.9. The summed E-state index contributed by atoms with van der Waals surface area (Å²) in [5.74, 6) is -0.261. The monoisotopic (exact) mass is 272 g/mol. The van der Waals surface area contributed by atoms with Gasteiger partial charge in [-0.2, -0.15) is 4.89 Å². The molecule has 0 N–H and O–H groups in total. The summed E-state index contributed by atoms with van der Waals surface area (Å²) in [7, 11) is 0. The Labute approximate surface area is 119 Å². The third kappa shape index (κ3) is 9.04. The second-order valence-corrected chi connectivity index (χ2v) is 7.23. The fraction of sp³-hybridized carbons (Fsp3) is 0.938. The highest BCUT2D eigenvalue weighted by atomic mass is 17.2. The molecular weight excluding hydrogens is 240 g/mol. The molecule has 0 aliphatic heterocycles. The van der Waals surface area contributed by atoms with Crippen molar-refractivity contribution >= 4 is 5.97 Å². The van der Waals surface area contributed by atoms with Crippen LogP contribution in [0.3, 0.4) is 0 Å². The number of hydrogen-bond donors (Lipinski definition) is 0. The van der Waals surface area contributed by atoms with Crippen LogP contribution in [-0.4, -0.2) is 11.6 Å². The van der Waals surface area contributed by atoms with Crippen LogP contribution in [-0.2, 0) is 14.6 Å². The van der Waals surface area contributed by atoms with Gasteiger partial charge in [-0.25, -0.2) is 4.79 Å². The van der Waals surface area contributed by atoms with E-state index in [1.807, 2.05) is 20.8 Å². The van der Waals surface area contributed by atoms with Crippen LogP contribution < -0.4 is 0 Å². The van der Waals surface area contributed by atoms with Crippen LogP contribution in [0.5, 0.6) is 0 Å². The van der Waals surface area contributed by atoms with Crippen LogP contribution >= 0.6 is 0 Å². The molecule has 3 heteroatoms. The zero-order valence-corrected chi connectivity index (χ0v) is 13.8. The maximum Gasteiger partial charge on any atom is 0.345 e. The largest absolute Gasteiger partial charge is 0.345 e. The molecule has 0 aromatic rings. The Morgan fingerprint density at radius 1 is 1.11 bits per heavy atom. The average Bonchev–Trinajstić information content (AvgIpc) is 2.24. The van der Waals surface area contributed by atoms with Crippen molar-refractivity contribution in [3.8, 4) is 0 Å². The summed E-state index contributed by atoms with van der Waals surface area (Å²) in [5, 5.41) is 0. The first kappa shape index (κ1) is 18.4. The molecular formula is C16H32O3. The second kappa shape index (κ2) is 7.88. The highest BCUT2D eigenvalue weighted by molar-refractivity contribution is 5.71. The second-order valence-electron chi connectivity index (χ2n) is 7.23. The fourth-order valence-electron chi connectivity index (χ4n) is 2.47. The van der Waals surface area contributed by atoms with E-state index in [1.165, 1.54) is 0 Å². The predicted octanol–water partition coefficient (Wildman–Crippen LogP) is 4.89. The summed E-state index contributed by atoms with van der Waals surface area (Å²) in [6, 6.07) is 0. The topological polar surface area (TPSA) is 35.5 Å². The molecule has 0 bridgehead atoms. The minimum Gasteiger partial charge on any atom is -0.298 e. The number of carbonyl (C=O) groups excluding carboxylic acids is 1. The fourth-order valence-corrected chi connectivity index (χ4v) is 2.47. The van der Waals surface area contributed by atoms with Crippen molar-refractivity contribution in [2.45, 2.75) is 86.2 Å². The van der Waals surface area contributed by atoms with E-state index in [-0.39, 0.29) is 17.3 Å². The van der Waals surface area contributed by atoms with Gasteiger partial charge in [0.05, 0.1) is 5.92 Å². The van der Waals surface area contributed by atoms with Crippen molar-refractivity contribution in [1.29, 1.82) is 0 Å². The molecule has 0 aliphatic carbocycles. The van der Waals surface area contributed by atoms with E-state index in [9.17, 15) is 4.79 Å². The third-order valence-corrected chi connectivity index (χ3v) is 3.04. The van der Waals surface area contributed by atoms with Crippen LogP contribution in [0.25, 0.3) is 0 Å². The summed E-state index contributed by atoms with van der Waals surface area (Å²) < 4.78 is 0. The van der Waals surface area contributed by atoms with E-state index in [2.05, 4.69) is 27.7 Å². The standard InChI is InChI=1S/C16H32O3/c1-8-10-11-13(9-2)14(17)18-19-16(6,7)12-15(3,4)5/h13H,8-12H2,1-7H3. The smallest absolute Gasteiger partial charge is 0.298 e. The zero-order valence-electron chi connectivity index (χ0n) is 13.8. The Morgan fingerprint density at radius 3 is 2.11 bits per heavy atom. The van der Waals surface area contributed by atoms with E-state index in [1.54, 1.807) is 0 Å². The Kier molecular flexibility index (Phi) is 7.65. The average molecular weight is 272 g/mol. The minimum atomic E-state index is -0.447. The number of unbranched alkanes of at least 4 members (excludes halogenated alkanes) is 1. The summed E-state index contributed by atoms with van der Waals surface area (Å²) >= 11 is 0. The molecule has 0 saturated carbocycles. The zero-order chi connectivity index (χ0) is 15.1. The van der Waals surface area contributed by atoms with Gasteiger partial charge in [-0.3, -0.25) is 4.89 Å². The molecule has 19 heavy (non-hydrogen) atoms. The molecule has 3 nitrogen and oxygen atoms in total. The van der Waals surface area contributed by atoms with E-state index in [4.69, 9.17) is 9.78 Å². The summed E-state index contributed by atoms with van der Waals surface area (Å²) in [4.78, 5) is 22.4. The molecule has 0 aliphatic rings. The Hall–Kier alpha value is -0.570. The normalized spacial score (nSPS) is 14.3. The Balaban J connectivity index is 4.25. The Bertz CT molecular complexity index is 264. The van der Waals surface area contributed by atoms with Crippen LogP contribution in [0.1, 0.15) is 80.6 Å². The van der Waals surface area contributed by atoms with Gasteiger partial charge in [-0.05, 0) is 38.5 Å². The summed E-state index contributed by atoms with van der Waals surface area (Å²) in [6.45, 7) is 14.5. The number of rotatable bonds is 8. The van der Waals surface area contributed by atoms with E-state index >= 15 is 0 Å². The van der Waals surface area contributed by atoms with Gasteiger partial charge in [0.2, 0.25) is 0 Å². The molecule has 0 amide bonds. The SMILES string of the molecule is CCCCC(CC)C(=O)OOC(C)(C)CC(C)(C)C. The van der Waals surface area contributed by atoms with Crippen molar-refractivity contribution < 1.29 is 14.6 Å². The van der Waals surface area contributed by atoms with Crippen molar-refractivity contribution in [2.75, 3.05) is 0 Å². The highest BCUT2D eigenvalue weighted by Gasteiger charge is 2.30. The molecule has 0 heterocycles. The molecule has 0 fully saturated rings. The first-order valence-electron chi connectivity index (χ1n) is 7.51. The van der Waals surface area contributed by atoms with Gasteiger partial charge < -0.3 is 0 Å². The molecule has 0 rings (SSSR count). The van der Waals surface area contributed by atoms with Crippen LogP contribution in [0, 0.1) is 11.3 Å². The molecule has 0 spiro atoms. The maximum atomic E-state index is 11.9. The predicted molar refractivity (Wildman–Crippen MR) is 78.6 cm³/mol. The van der Waals surface area contributed by atoms with Gasteiger partial charge in [0, 0.05) is 0 Å². The van der Waals surface area contributed by atoms with Gasteiger partial charge >= 0.3 is 5.97 Å². The van der Waals surface area contributed by atoms with E-state index in [0.717, 1.165) is 32.1 Å². The lowest BCUT2D eigenvalue weighted by atomic mass is 9.84. The lowest BCUT2D eigenvalue weighted by molar-refractivity contribution is -0.332. The molecule has 1 unspecified atom stereocenters. The van der Waals surface area contributed by atoms with Gasteiger partial charge in [-0.15, -0.1) is 0 Å². The minimum absolute atomic E-state index is 0.0367. The molecule has 1 atom stereocenters. The van der Waals surface area contributed by atoms with Gasteiger partial charge in [0.1, 0.15) is 5.60 Å². The molecule has 0 radical (unpaired) electrons. The van der Waals surface area contributed by atoms with Crippen molar-refractivity contribution in [3.63, 3.8) is 0 Å². The van der Waals surface area contributed by atoms with E-state index < -0.39 is 5.60 Å². The molecule has 0 aromatic carbocycles. The lowest BCUT2D eigenvalue weighted by Crippen LogP contribution is -2.32. The molecule has 0 saturated heterocycles. The van der Waals surface area contributed by atoms with Gasteiger partial charge in [-0.1, -0.05) is 47.5 Å². The van der Waals surface area contributed by atoms with Crippen LogP contribution in [0.2, 0.25) is 0 Å². The van der Waals surface area contributed by atoms with Crippen LogP contribution in [0.4, 0.5) is 0 Å². The van der Waals surface area contributed by atoms with Crippen molar-refractivity contribution in [1.82, 2.24) is 0 Å². The third-order valence-electron chi connectivity index (χ3n) is 3.04. The van der Waals surface area contributed by atoms with Crippen molar-refractivity contribution in [2.24, 2.45) is 11.3 Å². The summed E-state index contributed by atoms with van der Waals surface area (Å²) in [6.07, 6.45) is 4.68. The van der Waals surface area contributed by atoms with Gasteiger partial charge in [0.15, 0.2) is 0 Å². The molecule has 114 valence electrons. The molecule has 0 aromatic heterocycles. The number of carbonyl (C=O) groups is 1. The lowest BCUT2D eigenvalue weighted by Gasteiger charge is -2.30.